The second-order valence-corrected chi connectivity index (χ2v) is 5.89. The standard InChI is InChI=1S/C19H36O2/c1-3-5-6-7-8-9-10-11-12-13-14-15-16-17-19(20)21-18-4-2/h16-17H,3-15,18H2,1-2H3. The number of rotatable bonds is 15. The summed E-state index contributed by atoms with van der Waals surface area (Å²) < 4.78 is 4.97. The number of ether oxygens (including phenoxy) is 1. The van der Waals surface area contributed by atoms with Crippen LogP contribution in [0.4, 0.5) is 0 Å². The molecule has 0 aliphatic rings. The average molecular weight is 296 g/mol. The fourth-order valence-electron chi connectivity index (χ4n) is 2.36. The number of unbranched alkanes of at least 4 members (excludes halogenated alkanes) is 11. The molecular weight excluding hydrogens is 260 g/mol. The molecule has 0 aliphatic carbocycles. The topological polar surface area (TPSA) is 26.3 Å². The highest BCUT2D eigenvalue weighted by Gasteiger charge is 1.95. The third-order valence-electron chi connectivity index (χ3n) is 3.68. The molecule has 0 heterocycles. The van der Waals surface area contributed by atoms with E-state index in [0.717, 1.165) is 12.8 Å². The van der Waals surface area contributed by atoms with Crippen molar-refractivity contribution in [3.05, 3.63) is 12.2 Å². The van der Waals surface area contributed by atoms with E-state index in [-0.39, 0.29) is 5.97 Å². The van der Waals surface area contributed by atoms with Crippen molar-refractivity contribution in [3.63, 3.8) is 0 Å². The van der Waals surface area contributed by atoms with E-state index in [4.69, 9.17) is 4.74 Å². The number of carbonyl (C=O) groups excluding carboxylic acids is 1. The van der Waals surface area contributed by atoms with Crippen molar-refractivity contribution < 1.29 is 9.53 Å². The van der Waals surface area contributed by atoms with Gasteiger partial charge in [-0.2, -0.15) is 0 Å². The molecule has 0 saturated carbocycles. The molecule has 0 spiro atoms. The molecule has 0 aromatic heterocycles. The summed E-state index contributed by atoms with van der Waals surface area (Å²) in [5, 5.41) is 0. The molecule has 0 fully saturated rings. The fraction of sp³-hybridized carbons (Fsp3) is 0.842. The Morgan fingerprint density at radius 1 is 0.762 bits per heavy atom. The van der Waals surface area contributed by atoms with E-state index < -0.39 is 0 Å². The van der Waals surface area contributed by atoms with Gasteiger partial charge in [0.1, 0.15) is 0 Å². The van der Waals surface area contributed by atoms with Crippen LogP contribution in [0.15, 0.2) is 12.2 Å². The van der Waals surface area contributed by atoms with Crippen LogP contribution in [0, 0.1) is 0 Å². The van der Waals surface area contributed by atoms with E-state index in [9.17, 15) is 4.79 Å². The monoisotopic (exact) mass is 296 g/mol. The zero-order valence-electron chi connectivity index (χ0n) is 14.4. The minimum atomic E-state index is -0.195. The lowest BCUT2D eigenvalue weighted by atomic mass is 10.1. The van der Waals surface area contributed by atoms with Gasteiger partial charge in [-0.15, -0.1) is 0 Å². The van der Waals surface area contributed by atoms with Crippen molar-refractivity contribution in [2.75, 3.05) is 6.61 Å². The summed E-state index contributed by atoms with van der Waals surface area (Å²) >= 11 is 0. The van der Waals surface area contributed by atoms with Crippen molar-refractivity contribution in [3.8, 4) is 0 Å². The van der Waals surface area contributed by atoms with Crippen LogP contribution in [0.3, 0.4) is 0 Å². The van der Waals surface area contributed by atoms with Gasteiger partial charge in [0.2, 0.25) is 0 Å². The van der Waals surface area contributed by atoms with Gasteiger partial charge in [0.15, 0.2) is 0 Å². The molecule has 0 N–H and O–H groups in total. The molecule has 0 radical (unpaired) electrons. The molecule has 0 atom stereocenters. The Kier molecular flexibility index (Phi) is 16.6. The molecule has 0 rings (SSSR count). The molecule has 2 nitrogen and oxygen atoms in total. The summed E-state index contributed by atoms with van der Waals surface area (Å²) in [4.78, 5) is 11.2. The number of allylic oxidation sites excluding steroid dienone is 1. The number of esters is 1. The lowest BCUT2D eigenvalue weighted by Gasteiger charge is -2.01. The highest BCUT2D eigenvalue weighted by Crippen LogP contribution is 2.11. The van der Waals surface area contributed by atoms with Crippen LogP contribution in [-0.4, -0.2) is 12.6 Å². The molecule has 0 aromatic carbocycles. The fourth-order valence-corrected chi connectivity index (χ4v) is 2.36. The van der Waals surface area contributed by atoms with Crippen LogP contribution < -0.4 is 0 Å². The molecule has 0 aliphatic heterocycles. The third-order valence-corrected chi connectivity index (χ3v) is 3.68. The highest BCUT2D eigenvalue weighted by atomic mass is 16.5. The summed E-state index contributed by atoms with van der Waals surface area (Å²) in [7, 11) is 0. The van der Waals surface area contributed by atoms with Gasteiger partial charge < -0.3 is 4.74 Å². The van der Waals surface area contributed by atoms with Crippen LogP contribution in [0.25, 0.3) is 0 Å². The number of hydrogen-bond donors (Lipinski definition) is 0. The third kappa shape index (κ3) is 17.2. The Labute approximate surface area is 132 Å². The maximum atomic E-state index is 11.2. The Hall–Kier alpha value is -0.790. The van der Waals surface area contributed by atoms with Gasteiger partial charge in [0, 0.05) is 6.08 Å². The minimum absolute atomic E-state index is 0.195. The van der Waals surface area contributed by atoms with Crippen LogP contribution in [0.2, 0.25) is 0 Å². The van der Waals surface area contributed by atoms with Crippen LogP contribution >= 0.6 is 0 Å². The first-order valence-corrected chi connectivity index (χ1v) is 9.14. The quantitative estimate of drug-likeness (QED) is 0.204. The molecule has 0 unspecified atom stereocenters. The van der Waals surface area contributed by atoms with Gasteiger partial charge in [0.05, 0.1) is 6.61 Å². The predicted octanol–water partition coefficient (Wildman–Crippen LogP) is 6.20. The maximum Gasteiger partial charge on any atom is 0.330 e. The van der Waals surface area contributed by atoms with Gasteiger partial charge in [-0.3, -0.25) is 0 Å². The summed E-state index contributed by atoms with van der Waals surface area (Å²) in [6, 6.07) is 0. The Morgan fingerprint density at radius 3 is 1.81 bits per heavy atom. The van der Waals surface area contributed by atoms with Gasteiger partial charge in [-0.05, 0) is 19.3 Å². The molecular formula is C19H36O2. The predicted molar refractivity (Wildman–Crippen MR) is 91.5 cm³/mol. The normalized spacial score (nSPS) is 11.1. The zero-order valence-corrected chi connectivity index (χ0v) is 14.4. The van der Waals surface area contributed by atoms with Crippen molar-refractivity contribution in [2.24, 2.45) is 0 Å². The largest absolute Gasteiger partial charge is 0.463 e. The van der Waals surface area contributed by atoms with E-state index in [1.165, 1.54) is 70.6 Å². The minimum Gasteiger partial charge on any atom is -0.463 e. The molecule has 0 aromatic rings. The van der Waals surface area contributed by atoms with E-state index in [0.29, 0.717) is 6.61 Å². The first kappa shape index (κ1) is 20.2. The van der Waals surface area contributed by atoms with Crippen molar-refractivity contribution in [2.45, 2.75) is 97.3 Å². The SMILES string of the molecule is CCCCCCCCCCCCCC=CC(=O)OCCC. The first-order valence-electron chi connectivity index (χ1n) is 9.14. The molecule has 0 bridgehead atoms. The highest BCUT2D eigenvalue weighted by molar-refractivity contribution is 5.81. The van der Waals surface area contributed by atoms with Crippen molar-refractivity contribution >= 4 is 5.97 Å². The van der Waals surface area contributed by atoms with Crippen molar-refractivity contribution in [1.29, 1.82) is 0 Å². The second-order valence-electron chi connectivity index (χ2n) is 5.89. The average Bonchev–Trinajstić information content (AvgIpc) is 2.49. The van der Waals surface area contributed by atoms with Gasteiger partial charge in [0.25, 0.3) is 0 Å². The molecule has 0 amide bonds. The Morgan fingerprint density at radius 2 is 1.29 bits per heavy atom. The van der Waals surface area contributed by atoms with Crippen molar-refractivity contribution in [1.82, 2.24) is 0 Å². The van der Waals surface area contributed by atoms with E-state index in [1.807, 2.05) is 13.0 Å². The summed E-state index contributed by atoms with van der Waals surface area (Å²) in [5.41, 5.74) is 0. The maximum absolute atomic E-state index is 11.2. The lowest BCUT2D eigenvalue weighted by molar-refractivity contribution is -0.137. The summed E-state index contributed by atoms with van der Waals surface area (Å²) in [6.07, 6.45) is 20.4. The molecule has 124 valence electrons. The first-order chi connectivity index (χ1) is 10.3. The number of carbonyl (C=O) groups is 1. The van der Waals surface area contributed by atoms with E-state index in [1.54, 1.807) is 6.08 Å². The van der Waals surface area contributed by atoms with Gasteiger partial charge in [-0.25, -0.2) is 4.79 Å². The molecule has 2 heteroatoms. The van der Waals surface area contributed by atoms with E-state index in [2.05, 4.69) is 6.92 Å². The van der Waals surface area contributed by atoms with Gasteiger partial charge in [-0.1, -0.05) is 84.1 Å². The lowest BCUT2D eigenvalue weighted by Crippen LogP contribution is -2.00. The summed E-state index contributed by atoms with van der Waals surface area (Å²) in [6.45, 7) is 4.80. The van der Waals surface area contributed by atoms with Crippen LogP contribution in [0.1, 0.15) is 97.3 Å². The molecule has 21 heavy (non-hydrogen) atoms. The van der Waals surface area contributed by atoms with Crippen LogP contribution in [-0.2, 0) is 9.53 Å². The number of hydrogen-bond acceptors (Lipinski definition) is 2. The second kappa shape index (κ2) is 17.3. The van der Waals surface area contributed by atoms with E-state index >= 15 is 0 Å². The van der Waals surface area contributed by atoms with Gasteiger partial charge >= 0.3 is 5.97 Å². The summed E-state index contributed by atoms with van der Waals surface area (Å²) in [5.74, 6) is -0.195. The smallest absolute Gasteiger partial charge is 0.330 e. The van der Waals surface area contributed by atoms with Crippen LogP contribution in [0.5, 0.6) is 0 Å². The zero-order chi connectivity index (χ0) is 15.6. The molecule has 0 saturated heterocycles. The Balaban J connectivity index is 3.15. The Bertz CT molecular complexity index is 246.